The second-order valence-corrected chi connectivity index (χ2v) is 3.92. The highest BCUT2D eigenvalue weighted by molar-refractivity contribution is 7.07. The molecule has 1 aromatic heterocycles. The van der Waals surface area contributed by atoms with Crippen LogP contribution in [0.5, 0.6) is 0 Å². The Morgan fingerprint density at radius 1 is 1.43 bits per heavy atom. The van der Waals surface area contributed by atoms with E-state index in [-0.39, 0.29) is 17.1 Å². The van der Waals surface area contributed by atoms with Gasteiger partial charge < -0.3 is 9.88 Å². The van der Waals surface area contributed by atoms with E-state index in [1.165, 1.54) is 4.90 Å². The molecule has 14 heavy (non-hydrogen) atoms. The summed E-state index contributed by atoms with van der Waals surface area (Å²) in [6.07, 6.45) is 0.285. The lowest BCUT2D eigenvalue weighted by molar-refractivity contribution is -0.140. The smallest absolute Gasteiger partial charge is 0.304 e. The van der Waals surface area contributed by atoms with Crippen LogP contribution in [0.25, 0.3) is 0 Å². The van der Waals surface area contributed by atoms with Crippen LogP contribution in [0.1, 0.15) is 12.1 Å². The molecule has 1 amide bonds. The molecule has 6 heteroatoms. The number of aromatic amines is 1. The number of hydrogen-bond acceptors (Lipinski definition) is 4. The summed E-state index contributed by atoms with van der Waals surface area (Å²) in [5.74, 6) is -0.792. The molecule has 2 rings (SSSR count). The normalized spacial score (nSPS) is 16.7. The number of aromatic nitrogens is 1. The maximum absolute atomic E-state index is 11.2. The predicted octanol–water partition coefficient (Wildman–Crippen LogP) is -0.262. The summed E-state index contributed by atoms with van der Waals surface area (Å²) < 4.78 is 0. The molecule has 0 spiro atoms. The molecule has 5 nitrogen and oxygen atoms in total. The highest BCUT2D eigenvalue weighted by Gasteiger charge is 2.29. The van der Waals surface area contributed by atoms with Crippen LogP contribution in [0.15, 0.2) is 10.2 Å². The quantitative estimate of drug-likeness (QED) is 0.686. The number of amides is 1. The molecule has 1 N–H and O–H groups in total. The average Bonchev–Trinajstić information content (AvgIpc) is 2.67. The van der Waals surface area contributed by atoms with E-state index in [2.05, 4.69) is 4.98 Å². The second-order valence-electron chi connectivity index (χ2n) is 3.07. The van der Waals surface area contributed by atoms with Gasteiger partial charge in [-0.05, 0) is 0 Å². The first-order valence-electron chi connectivity index (χ1n) is 4.15. The molecule has 1 aliphatic heterocycles. The van der Waals surface area contributed by atoms with Gasteiger partial charge in [-0.3, -0.25) is 14.4 Å². The number of hydrogen-bond donors (Lipinski definition) is 1. The number of H-pyrrole nitrogens is 1. The molecule has 0 radical (unpaired) electrons. The highest BCUT2D eigenvalue weighted by Crippen LogP contribution is 2.10. The summed E-state index contributed by atoms with van der Waals surface area (Å²) in [6, 6.07) is 0. The van der Waals surface area contributed by atoms with Gasteiger partial charge in [0.05, 0.1) is 6.54 Å². The fourth-order valence-corrected chi connectivity index (χ4v) is 1.94. The van der Waals surface area contributed by atoms with E-state index in [0.29, 0.717) is 18.8 Å². The van der Waals surface area contributed by atoms with E-state index in [0.717, 1.165) is 11.3 Å². The minimum Gasteiger partial charge on any atom is -0.330 e. The average molecular weight is 212 g/mol. The molecule has 1 aliphatic rings. The first kappa shape index (κ1) is 9.14. The largest absolute Gasteiger partial charge is 0.330 e. The molecule has 0 unspecified atom stereocenters. The Morgan fingerprint density at radius 3 is 2.71 bits per heavy atom. The molecule has 0 bridgehead atoms. The zero-order chi connectivity index (χ0) is 10.1. The van der Waals surface area contributed by atoms with Gasteiger partial charge in [-0.25, -0.2) is 0 Å². The fourth-order valence-electron chi connectivity index (χ4n) is 1.37. The maximum Gasteiger partial charge on any atom is 0.304 e. The van der Waals surface area contributed by atoms with Crippen molar-refractivity contribution in [3.63, 3.8) is 0 Å². The summed E-state index contributed by atoms with van der Waals surface area (Å²) in [6.45, 7) is 0.777. The van der Waals surface area contributed by atoms with Gasteiger partial charge in [0.2, 0.25) is 5.78 Å². The number of nitrogens with one attached hydrogen (secondary N) is 1. The van der Waals surface area contributed by atoms with Crippen LogP contribution < -0.4 is 4.87 Å². The van der Waals surface area contributed by atoms with E-state index in [1.807, 2.05) is 0 Å². The van der Waals surface area contributed by atoms with Crippen molar-refractivity contribution in [3.05, 3.63) is 20.7 Å². The molecule has 1 saturated heterocycles. The summed E-state index contributed by atoms with van der Waals surface area (Å²) in [7, 11) is 0. The molecule has 0 saturated carbocycles. The lowest BCUT2D eigenvalue weighted by atomic mass is 10.3. The van der Waals surface area contributed by atoms with Gasteiger partial charge >= 0.3 is 4.87 Å². The van der Waals surface area contributed by atoms with Crippen molar-refractivity contribution in [2.45, 2.75) is 13.0 Å². The van der Waals surface area contributed by atoms with Crippen LogP contribution in [0.2, 0.25) is 0 Å². The van der Waals surface area contributed by atoms with E-state index in [9.17, 15) is 14.4 Å². The van der Waals surface area contributed by atoms with E-state index >= 15 is 0 Å². The fraction of sp³-hybridized carbons (Fsp3) is 0.375. The zero-order valence-corrected chi connectivity index (χ0v) is 8.10. The van der Waals surface area contributed by atoms with E-state index in [1.54, 1.807) is 5.38 Å². The van der Waals surface area contributed by atoms with Crippen molar-refractivity contribution < 1.29 is 9.59 Å². The van der Waals surface area contributed by atoms with E-state index < -0.39 is 5.91 Å². The molecule has 0 aromatic carbocycles. The van der Waals surface area contributed by atoms with Crippen molar-refractivity contribution in [1.29, 1.82) is 0 Å². The highest BCUT2D eigenvalue weighted by atomic mass is 32.1. The monoisotopic (exact) mass is 212 g/mol. The van der Waals surface area contributed by atoms with Crippen molar-refractivity contribution in [2.75, 3.05) is 6.54 Å². The first-order valence-corrected chi connectivity index (χ1v) is 5.03. The summed E-state index contributed by atoms with van der Waals surface area (Å²) >= 11 is 1.06. The van der Waals surface area contributed by atoms with Crippen LogP contribution in [0, 0.1) is 0 Å². The number of ketones is 1. The number of carbonyl (C=O) groups excluding carboxylic acids is 2. The Balaban J connectivity index is 2.09. The Labute approximate surface area is 83.4 Å². The predicted molar refractivity (Wildman–Crippen MR) is 50.0 cm³/mol. The van der Waals surface area contributed by atoms with Crippen LogP contribution >= 0.6 is 11.3 Å². The molecule has 0 atom stereocenters. The number of thiazole rings is 1. The Bertz CT molecular complexity index is 434. The minimum absolute atomic E-state index is 0.141. The zero-order valence-electron chi connectivity index (χ0n) is 7.28. The van der Waals surface area contributed by atoms with Crippen molar-refractivity contribution in [2.24, 2.45) is 0 Å². The standard InChI is InChI=1S/C8H8N2O3S/c11-6-1-2-10(7(6)12)3-5-4-14-8(13)9-5/h4H,1-3H2,(H,9,13). The van der Waals surface area contributed by atoms with Crippen molar-refractivity contribution in [1.82, 2.24) is 9.88 Å². The van der Waals surface area contributed by atoms with Gasteiger partial charge in [-0.2, -0.15) is 0 Å². The Kier molecular flexibility index (Phi) is 2.20. The van der Waals surface area contributed by atoms with Gasteiger partial charge in [-0.15, -0.1) is 0 Å². The summed E-state index contributed by atoms with van der Waals surface area (Å²) in [5, 5.41) is 1.67. The van der Waals surface area contributed by atoms with Gasteiger partial charge in [0.1, 0.15) is 0 Å². The molecular weight excluding hydrogens is 204 g/mol. The topological polar surface area (TPSA) is 70.2 Å². The van der Waals surface area contributed by atoms with Gasteiger partial charge in [-0.1, -0.05) is 11.3 Å². The first-order chi connectivity index (χ1) is 6.66. The van der Waals surface area contributed by atoms with E-state index in [4.69, 9.17) is 0 Å². The number of Topliss-reactive ketones (excluding diaryl/α,β-unsaturated/α-hetero) is 1. The third-order valence-electron chi connectivity index (χ3n) is 2.07. The van der Waals surface area contributed by atoms with Gasteiger partial charge in [0.25, 0.3) is 5.91 Å². The second kappa shape index (κ2) is 3.38. The van der Waals surface area contributed by atoms with Gasteiger partial charge in [0.15, 0.2) is 0 Å². The van der Waals surface area contributed by atoms with Crippen LogP contribution in [-0.4, -0.2) is 28.1 Å². The number of nitrogens with zero attached hydrogens (tertiary/aromatic N) is 1. The van der Waals surface area contributed by atoms with Crippen molar-refractivity contribution >= 4 is 23.0 Å². The molecule has 1 fully saturated rings. The van der Waals surface area contributed by atoms with Crippen LogP contribution in [0.4, 0.5) is 0 Å². The van der Waals surface area contributed by atoms with Gasteiger partial charge in [0, 0.05) is 24.0 Å². The van der Waals surface area contributed by atoms with Crippen LogP contribution in [-0.2, 0) is 16.1 Å². The number of likely N-dealkylation sites (tertiary alicyclic amines) is 1. The lowest BCUT2D eigenvalue weighted by Gasteiger charge is -2.11. The lowest BCUT2D eigenvalue weighted by Crippen LogP contribution is -2.27. The minimum atomic E-state index is -0.447. The third-order valence-corrected chi connectivity index (χ3v) is 2.79. The Morgan fingerprint density at radius 2 is 2.21 bits per heavy atom. The molecular formula is C8H8N2O3S. The third kappa shape index (κ3) is 1.60. The molecule has 1 aromatic rings. The molecule has 2 heterocycles. The Hall–Kier alpha value is -1.43. The summed E-state index contributed by atoms with van der Waals surface area (Å²) in [4.78, 5) is 36.8. The molecule has 0 aliphatic carbocycles. The van der Waals surface area contributed by atoms with Crippen molar-refractivity contribution in [3.8, 4) is 0 Å². The molecule has 74 valence electrons. The van der Waals surface area contributed by atoms with Crippen LogP contribution in [0.3, 0.4) is 0 Å². The number of carbonyl (C=O) groups is 2. The number of rotatable bonds is 2. The summed E-state index contributed by atoms with van der Waals surface area (Å²) in [5.41, 5.74) is 0.683. The SMILES string of the molecule is O=C1CCN(Cc2csc(=O)[nH]2)C1=O. The maximum atomic E-state index is 11.2.